The van der Waals surface area contributed by atoms with Crippen molar-refractivity contribution in [2.75, 3.05) is 25.1 Å². The molecule has 2 aromatic rings. The van der Waals surface area contributed by atoms with Crippen molar-refractivity contribution in [3.8, 4) is 5.69 Å². The molecular weight excluding hydrogens is 344 g/mol. The zero-order valence-electron chi connectivity index (χ0n) is 14.3. The molecule has 0 bridgehead atoms. The van der Waals surface area contributed by atoms with Crippen LogP contribution in [0.25, 0.3) is 5.69 Å². The highest BCUT2D eigenvalue weighted by Crippen LogP contribution is 2.14. The van der Waals surface area contributed by atoms with Crippen LogP contribution >= 0.6 is 12.4 Å². The zero-order chi connectivity index (χ0) is 17.1. The van der Waals surface area contributed by atoms with Crippen molar-refractivity contribution in [1.29, 1.82) is 0 Å². The minimum Gasteiger partial charge on any atom is -0.378 e. The fourth-order valence-electron chi connectivity index (χ4n) is 2.88. The summed E-state index contributed by atoms with van der Waals surface area (Å²) in [5.74, 6) is -0.191. The lowest BCUT2D eigenvalue weighted by Gasteiger charge is -2.23. The van der Waals surface area contributed by atoms with Gasteiger partial charge in [-0.25, -0.2) is 4.68 Å². The van der Waals surface area contributed by atoms with Gasteiger partial charge < -0.3 is 15.4 Å². The van der Waals surface area contributed by atoms with Gasteiger partial charge in [-0.2, -0.15) is 0 Å². The van der Waals surface area contributed by atoms with Crippen LogP contribution in [-0.4, -0.2) is 41.1 Å². The van der Waals surface area contributed by atoms with Crippen molar-refractivity contribution in [3.05, 3.63) is 46.4 Å². The fourth-order valence-corrected chi connectivity index (χ4v) is 2.88. The number of benzene rings is 1. The summed E-state index contributed by atoms with van der Waals surface area (Å²) in [6.07, 6.45) is 0.277. The van der Waals surface area contributed by atoms with Crippen LogP contribution in [0.4, 0.5) is 5.69 Å². The summed E-state index contributed by atoms with van der Waals surface area (Å²) in [4.78, 5) is 25.0. The number of carbonyl (C=O) groups excluding carboxylic acids is 1. The summed E-state index contributed by atoms with van der Waals surface area (Å²) in [5.41, 5.74) is 1.56. The predicted molar refractivity (Wildman–Crippen MR) is 98.9 cm³/mol. The van der Waals surface area contributed by atoms with Crippen LogP contribution < -0.4 is 16.2 Å². The number of hydrogen-bond acceptors (Lipinski definition) is 4. The maximum absolute atomic E-state index is 12.7. The number of halogens is 1. The van der Waals surface area contributed by atoms with Crippen LogP contribution in [0.1, 0.15) is 12.1 Å². The fraction of sp³-hybridized carbons (Fsp3) is 0.412. The molecule has 1 fully saturated rings. The molecule has 3 rings (SSSR count). The predicted octanol–water partition coefficient (Wildman–Crippen LogP) is 1.22. The molecule has 0 saturated carbocycles. The van der Waals surface area contributed by atoms with Gasteiger partial charge in [0.2, 0.25) is 5.91 Å². The van der Waals surface area contributed by atoms with Gasteiger partial charge in [-0.3, -0.25) is 14.3 Å². The second-order valence-electron chi connectivity index (χ2n) is 5.91. The molecule has 2 N–H and O–H groups in total. The molecule has 7 nitrogen and oxygen atoms in total. The molecule has 1 atom stereocenters. The number of ether oxygens (including phenoxy) is 1. The van der Waals surface area contributed by atoms with Crippen molar-refractivity contribution in [2.24, 2.45) is 7.05 Å². The zero-order valence-corrected chi connectivity index (χ0v) is 15.1. The number of anilines is 1. The van der Waals surface area contributed by atoms with Crippen LogP contribution in [0.15, 0.2) is 35.1 Å². The minimum absolute atomic E-state index is 0. The first-order chi connectivity index (χ1) is 11.6. The van der Waals surface area contributed by atoms with Gasteiger partial charge in [-0.1, -0.05) is 18.2 Å². The van der Waals surface area contributed by atoms with E-state index in [-0.39, 0.29) is 36.3 Å². The van der Waals surface area contributed by atoms with Crippen LogP contribution in [-0.2, 0) is 16.6 Å². The Bertz CT molecular complexity index is 779. The van der Waals surface area contributed by atoms with Gasteiger partial charge in [0.15, 0.2) is 0 Å². The molecule has 0 spiro atoms. The molecule has 1 aromatic heterocycles. The van der Waals surface area contributed by atoms with Crippen LogP contribution in [0.5, 0.6) is 0 Å². The van der Waals surface area contributed by atoms with Gasteiger partial charge in [-0.15, -0.1) is 12.4 Å². The van der Waals surface area contributed by atoms with Crippen LogP contribution in [0.3, 0.4) is 0 Å². The number of carbonyl (C=O) groups is 1. The number of hydrogen-bond donors (Lipinski definition) is 2. The Hall–Kier alpha value is -2.09. The van der Waals surface area contributed by atoms with Crippen molar-refractivity contribution in [3.63, 3.8) is 0 Å². The van der Waals surface area contributed by atoms with Gasteiger partial charge in [0.25, 0.3) is 5.56 Å². The van der Waals surface area contributed by atoms with Crippen LogP contribution in [0, 0.1) is 6.92 Å². The van der Waals surface area contributed by atoms with Crippen molar-refractivity contribution < 1.29 is 9.53 Å². The molecule has 1 amide bonds. The molecule has 1 aliphatic heterocycles. The molecule has 8 heteroatoms. The third-order valence-electron chi connectivity index (χ3n) is 4.25. The first-order valence-electron chi connectivity index (χ1n) is 8.03. The highest BCUT2D eigenvalue weighted by Gasteiger charge is 2.21. The smallest absolute Gasteiger partial charge is 0.295 e. The number of amides is 1. The standard InChI is InChI=1S/C17H22N4O3.ClH/c1-12-16(19-15(22)10-13-11-24-9-8-18-13)17(23)21(20(12)2)14-6-4-3-5-7-14;/h3-7,13,18H,8-11H2,1-2H3,(H,19,22);1H. The van der Waals surface area contributed by atoms with Crippen molar-refractivity contribution in [2.45, 2.75) is 19.4 Å². The Morgan fingerprint density at radius 2 is 2.08 bits per heavy atom. The monoisotopic (exact) mass is 366 g/mol. The van der Waals surface area contributed by atoms with Gasteiger partial charge in [0, 0.05) is 26.1 Å². The summed E-state index contributed by atoms with van der Waals surface area (Å²) in [6.45, 7) is 3.73. The Balaban J connectivity index is 0.00000225. The number of nitrogens with zero attached hydrogens (tertiary/aromatic N) is 2. The van der Waals surface area contributed by atoms with E-state index in [9.17, 15) is 9.59 Å². The molecule has 1 aliphatic rings. The molecule has 25 heavy (non-hydrogen) atoms. The Kier molecular flexibility index (Phi) is 6.41. The maximum atomic E-state index is 12.7. The van der Waals surface area contributed by atoms with E-state index in [2.05, 4.69) is 10.6 Å². The maximum Gasteiger partial charge on any atom is 0.295 e. The van der Waals surface area contributed by atoms with Crippen molar-refractivity contribution >= 4 is 24.0 Å². The molecule has 0 radical (unpaired) electrons. The Morgan fingerprint density at radius 1 is 1.36 bits per heavy atom. The van der Waals surface area contributed by atoms with Gasteiger partial charge in [0.1, 0.15) is 5.69 Å². The van der Waals surface area contributed by atoms with E-state index in [1.54, 1.807) is 16.4 Å². The van der Waals surface area contributed by atoms with Crippen LogP contribution in [0.2, 0.25) is 0 Å². The third kappa shape index (κ3) is 4.12. The third-order valence-corrected chi connectivity index (χ3v) is 4.25. The number of aromatic nitrogens is 2. The molecule has 1 aromatic carbocycles. The van der Waals surface area contributed by atoms with E-state index in [4.69, 9.17) is 4.74 Å². The molecular formula is C17H23ClN4O3. The molecule has 2 heterocycles. The van der Waals surface area contributed by atoms with Crippen molar-refractivity contribution in [1.82, 2.24) is 14.7 Å². The summed E-state index contributed by atoms with van der Waals surface area (Å²) >= 11 is 0. The highest BCUT2D eigenvalue weighted by molar-refractivity contribution is 5.91. The SMILES string of the molecule is Cc1c(NC(=O)CC2COCCN2)c(=O)n(-c2ccccc2)n1C.Cl. The molecule has 1 unspecified atom stereocenters. The summed E-state index contributed by atoms with van der Waals surface area (Å²) in [6, 6.07) is 9.34. The second-order valence-corrected chi connectivity index (χ2v) is 5.91. The number of morpholine rings is 1. The first kappa shape index (κ1) is 19.2. The molecule has 0 aliphatic carbocycles. The first-order valence-corrected chi connectivity index (χ1v) is 8.03. The van der Waals surface area contributed by atoms with Gasteiger partial charge in [0.05, 0.1) is 24.6 Å². The summed E-state index contributed by atoms with van der Waals surface area (Å²) in [7, 11) is 1.80. The quantitative estimate of drug-likeness (QED) is 0.853. The average molecular weight is 367 g/mol. The molecule has 136 valence electrons. The normalized spacial score (nSPS) is 17.0. The largest absolute Gasteiger partial charge is 0.378 e. The van der Waals surface area contributed by atoms with E-state index in [1.165, 1.54) is 0 Å². The lowest BCUT2D eigenvalue weighted by Crippen LogP contribution is -2.43. The number of rotatable bonds is 4. The van der Waals surface area contributed by atoms with Gasteiger partial charge in [-0.05, 0) is 19.1 Å². The van der Waals surface area contributed by atoms with E-state index >= 15 is 0 Å². The number of nitrogens with one attached hydrogen (secondary N) is 2. The summed E-state index contributed by atoms with van der Waals surface area (Å²) in [5, 5.41) is 6.00. The lowest BCUT2D eigenvalue weighted by atomic mass is 10.2. The van der Waals surface area contributed by atoms with E-state index < -0.39 is 0 Å². The Labute approximate surface area is 152 Å². The topological polar surface area (TPSA) is 77.3 Å². The lowest BCUT2D eigenvalue weighted by molar-refractivity contribution is -0.117. The highest BCUT2D eigenvalue weighted by atomic mass is 35.5. The van der Waals surface area contributed by atoms with E-state index in [1.807, 2.05) is 37.3 Å². The number of para-hydroxylation sites is 1. The minimum atomic E-state index is -0.234. The van der Waals surface area contributed by atoms with E-state index in [0.29, 0.717) is 24.6 Å². The summed E-state index contributed by atoms with van der Waals surface area (Å²) < 4.78 is 8.64. The second kappa shape index (κ2) is 8.33. The average Bonchev–Trinajstić information content (AvgIpc) is 2.80. The van der Waals surface area contributed by atoms with E-state index in [0.717, 1.165) is 12.2 Å². The van der Waals surface area contributed by atoms with Gasteiger partial charge >= 0.3 is 0 Å². The Morgan fingerprint density at radius 3 is 2.72 bits per heavy atom. The molecule has 1 saturated heterocycles.